The van der Waals surface area contributed by atoms with Gasteiger partial charge in [0.1, 0.15) is 0 Å². The lowest BCUT2D eigenvalue weighted by Crippen LogP contribution is -1.82. The van der Waals surface area contributed by atoms with Gasteiger partial charge in [-0.2, -0.15) is 0 Å². The smallest absolute Gasteiger partial charge is 0.166 e. The Hall–Kier alpha value is -2.42. The molecule has 0 aliphatic heterocycles. The number of carbonyl (C=O) groups excluding carboxylic acids is 1. The van der Waals surface area contributed by atoms with Crippen molar-refractivity contribution in [2.45, 2.75) is 0 Å². The van der Waals surface area contributed by atoms with Crippen LogP contribution < -0.4 is 0 Å². The summed E-state index contributed by atoms with van der Waals surface area (Å²) in [5, 5.41) is 1.02. The first-order valence-electron chi connectivity index (χ1n) is 5.37. The minimum atomic E-state index is 0.586. The number of nitrogens with zero attached hydrogens (tertiary/aromatic N) is 1. The second-order valence-electron chi connectivity index (χ2n) is 3.82. The minimum absolute atomic E-state index is 0.586. The van der Waals surface area contributed by atoms with E-state index in [4.69, 9.17) is 0 Å². The predicted octanol–water partition coefficient (Wildman–Crippen LogP) is 3.04. The third-order valence-electron chi connectivity index (χ3n) is 2.75. The van der Waals surface area contributed by atoms with Gasteiger partial charge in [0.2, 0.25) is 0 Å². The van der Waals surface area contributed by atoms with Crippen molar-refractivity contribution in [3.63, 3.8) is 0 Å². The molecular weight excluding hydrogens is 212 g/mol. The van der Waals surface area contributed by atoms with Gasteiger partial charge >= 0.3 is 0 Å². The molecule has 0 amide bonds. The lowest BCUT2D eigenvalue weighted by Gasteiger charge is -2.01. The number of nitrogens with one attached hydrogen (secondary N) is 1. The number of rotatable bonds is 2. The van der Waals surface area contributed by atoms with Crippen LogP contribution in [0.3, 0.4) is 0 Å². The van der Waals surface area contributed by atoms with Crippen molar-refractivity contribution >= 4 is 17.2 Å². The van der Waals surface area contributed by atoms with E-state index in [9.17, 15) is 4.79 Å². The summed E-state index contributed by atoms with van der Waals surface area (Å²) >= 11 is 0. The highest BCUT2D eigenvalue weighted by molar-refractivity contribution is 5.97. The summed E-state index contributed by atoms with van der Waals surface area (Å²) in [4.78, 5) is 18.2. The van der Waals surface area contributed by atoms with Crippen LogP contribution in [0.25, 0.3) is 22.2 Å². The van der Waals surface area contributed by atoms with Crippen LogP contribution in [0.4, 0.5) is 0 Å². The van der Waals surface area contributed by atoms with E-state index >= 15 is 0 Å². The third-order valence-corrected chi connectivity index (χ3v) is 2.75. The van der Waals surface area contributed by atoms with E-state index in [1.807, 2.05) is 42.5 Å². The number of hydrogen-bond acceptors (Lipinski definition) is 2. The SMILES string of the molecule is O=Cc1cc2c(-c3ccccn3)cccc2[nH]1. The Morgan fingerprint density at radius 3 is 2.82 bits per heavy atom. The van der Waals surface area contributed by atoms with E-state index < -0.39 is 0 Å². The fourth-order valence-corrected chi connectivity index (χ4v) is 1.99. The summed E-state index contributed by atoms with van der Waals surface area (Å²) in [6, 6.07) is 13.6. The van der Waals surface area contributed by atoms with Gasteiger partial charge < -0.3 is 4.98 Å². The molecule has 0 aliphatic rings. The fourth-order valence-electron chi connectivity index (χ4n) is 1.99. The Labute approximate surface area is 98.1 Å². The van der Waals surface area contributed by atoms with E-state index in [0.717, 1.165) is 28.4 Å². The highest BCUT2D eigenvalue weighted by atomic mass is 16.1. The highest BCUT2D eigenvalue weighted by Gasteiger charge is 2.07. The molecule has 0 aliphatic carbocycles. The summed E-state index contributed by atoms with van der Waals surface area (Å²) in [6.07, 6.45) is 2.59. The Bertz CT molecular complexity index is 671. The van der Waals surface area contributed by atoms with Gasteiger partial charge in [-0.3, -0.25) is 9.78 Å². The molecule has 82 valence electrons. The first-order valence-corrected chi connectivity index (χ1v) is 5.37. The lowest BCUT2D eigenvalue weighted by atomic mass is 10.1. The van der Waals surface area contributed by atoms with Crippen LogP contribution in [-0.2, 0) is 0 Å². The van der Waals surface area contributed by atoms with E-state index in [1.165, 1.54) is 0 Å². The topological polar surface area (TPSA) is 45.8 Å². The number of carbonyl (C=O) groups is 1. The first-order chi connectivity index (χ1) is 8.38. The average molecular weight is 222 g/mol. The number of fused-ring (bicyclic) bond motifs is 1. The third kappa shape index (κ3) is 1.61. The zero-order valence-corrected chi connectivity index (χ0v) is 9.05. The van der Waals surface area contributed by atoms with Crippen molar-refractivity contribution in [3.05, 3.63) is 54.4 Å². The van der Waals surface area contributed by atoms with Crippen LogP contribution in [0.15, 0.2) is 48.7 Å². The van der Waals surface area contributed by atoms with Crippen molar-refractivity contribution in [1.82, 2.24) is 9.97 Å². The summed E-state index contributed by atoms with van der Waals surface area (Å²) in [6.45, 7) is 0. The first kappa shape index (κ1) is 9.78. The van der Waals surface area contributed by atoms with Gasteiger partial charge in [-0.05, 0) is 24.3 Å². The maximum atomic E-state index is 10.8. The van der Waals surface area contributed by atoms with E-state index in [-0.39, 0.29) is 0 Å². The summed E-state index contributed by atoms with van der Waals surface area (Å²) in [5.41, 5.74) is 3.49. The number of aromatic nitrogens is 2. The second kappa shape index (κ2) is 3.87. The summed E-state index contributed by atoms with van der Waals surface area (Å²) < 4.78 is 0. The maximum Gasteiger partial charge on any atom is 0.166 e. The molecule has 17 heavy (non-hydrogen) atoms. The molecule has 3 rings (SSSR count). The summed E-state index contributed by atoms with van der Waals surface area (Å²) in [5.74, 6) is 0. The molecule has 0 unspecified atom stereocenters. The number of benzene rings is 1. The summed E-state index contributed by atoms with van der Waals surface area (Å²) in [7, 11) is 0. The standard InChI is InChI=1S/C14H10N2O/c17-9-10-8-12-11(4-3-6-14(12)16-10)13-5-1-2-7-15-13/h1-9,16H. The number of pyridine rings is 1. The Balaban J connectivity index is 2.29. The fraction of sp³-hybridized carbons (Fsp3) is 0. The van der Waals surface area contributed by atoms with E-state index in [0.29, 0.717) is 5.69 Å². The van der Waals surface area contributed by atoms with E-state index in [1.54, 1.807) is 6.20 Å². The van der Waals surface area contributed by atoms with Gasteiger partial charge in [-0.25, -0.2) is 0 Å². The molecule has 1 aromatic carbocycles. The van der Waals surface area contributed by atoms with Crippen molar-refractivity contribution < 1.29 is 4.79 Å². The molecule has 0 atom stereocenters. The van der Waals surface area contributed by atoms with Gasteiger partial charge in [-0.15, -0.1) is 0 Å². The Morgan fingerprint density at radius 1 is 1.12 bits per heavy atom. The van der Waals surface area contributed by atoms with Crippen molar-refractivity contribution in [1.29, 1.82) is 0 Å². The number of aldehydes is 1. The molecule has 3 nitrogen and oxygen atoms in total. The van der Waals surface area contributed by atoms with Crippen LogP contribution in [-0.4, -0.2) is 16.3 Å². The molecule has 3 aromatic rings. The van der Waals surface area contributed by atoms with Gasteiger partial charge in [0.05, 0.1) is 11.4 Å². The maximum absolute atomic E-state index is 10.8. The predicted molar refractivity (Wildman–Crippen MR) is 66.9 cm³/mol. The molecule has 3 heteroatoms. The molecule has 0 saturated carbocycles. The Morgan fingerprint density at radius 2 is 2.06 bits per heavy atom. The van der Waals surface area contributed by atoms with Crippen LogP contribution in [0.2, 0.25) is 0 Å². The number of hydrogen-bond donors (Lipinski definition) is 1. The quantitative estimate of drug-likeness (QED) is 0.677. The van der Waals surface area contributed by atoms with Crippen LogP contribution in [0.1, 0.15) is 10.5 Å². The van der Waals surface area contributed by atoms with Gasteiger partial charge in [0.15, 0.2) is 6.29 Å². The average Bonchev–Trinajstić information content (AvgIpc) is 2.82. The van der Waals surface area contributed by atoms with Gasteiger partial charge in [-0.1, -0.05) is 18.2 Å². The van der Waals surface area contributed by atoms with E-state index in [2.05, 4.69) is 9.97 Å². The molecule has 0 radical (unpaired) electrons. The molecule has 0 saturated heterocycles. The lowest BCUT2D eigenvalue weighted by molar-refractivity contribution is 0.112. The highest BCUT2D eigenvalue weighted by Crippen LogP contribution is 2.27. The molecule has 2 heterocycles. The zero-order chi connectivity index (χ0) is 11.7. The zero-order valence-electron chi connectivity index (χ0n) is 9.05. The molecular formula is C14H10N2O. The number of aromatic amines is 1. The van der Waals surface area contributed by atoms with Crippen LogP contribution in [0, 0.1) is 0 Å². The minimum Gasteiger partial charge on any atom is -0.352 e. The molecule has 0 spiro atoms. The van der Waals surface area contributed by atoms with Crippen LogP contribution >= 0.6 is 0 Å². The largest absolute Gasteiger partial charge is 0.352 e. The monoisotopic (exact) mass is 222 g/mol. The molecule has 0 fully saturated rings. The van der Waals surface area contributed by atoms with Crippen LogP contribution in [0.5, 0.6) is 0 Å². The number of H-pyrrole nitrogens is 1. The molecule has 0 bridgehead atoms. The normalized spacial score (nSPS) is 10.6. The van der Waals surface area contributed by atoms with Crippen molar-refractivity contribution in [2.75, 3.05) is 0 Å². The van der Waals surface area contributed by atoms with Crippen molar-refractivity contribution in [3.8, 4) is 11.3 Å². The molecule has 1 N–H and O–H groups in total. The molecule has 2 aromatic heterocycles. The van der Waals surface area contributed by atoms with Crippen molar-refractivity contribution in [2.24, 2.45) is 0 Å². The van der Waals surface area contributed by atoms with Gasteiger partial charge in [0.25, 0.3) is 0 Å². The van der Waals surface area contributed by atoms with Gasteiger partial charge in [0, 0.05) is 22.7 Å². The second-order valence-corrected chi connectivity index (χ2v) is 3.82. The Kier molecular flexibility index (Phi) is 2.22.